The molecule has 0 heterocycles. The molecule has 3 atom stereocenters. The number of carbonyl (C=O) groups is 5. The highest BCUT2D eigenvalue weighted by Gasteiger charge is 2.39. The maximum atomic E-state index is 14.6. The molecule has 2 aromatic rings. The molecule has 11 heteroatoms. The summed E-state index contributed by atoms with van der Waals surface area (Å²) in [6, 6.07) is 11.9. The Morgan fingerprint density at radius 2 is 1.42 bits per heavy atom. The molecular weight excluding hydrogens is 636 g/mol. The first-order chi connectivity index (χ1) is 23.5. The van der Waals surface area contributed by atoms with Gasteiger partial charge in [-0.2, -0.15) is 0 Å². The normalized spacial score (nSPS) is 13.2. The Balaban J connectivity index is 2.70. The summed E-state index contributed by atoms with van der Waals surface area (Å²) in [5, 5.41) is 5.34. The summed E-state index contributed by atoms with van der Waals surface area (Å²) in [6.07, 6.45) is 8.66. The van der Waals surface area contributed by atoms with Gasteiger partial charge in [-0.1, -0.05) is 87.1 Å². The number of esters is 1. The Bertz CT molecular complexity index is 1490. The SMILES string of the molecule is C#Cc1ccccc1C(C(=O)NC(Cc1ccccc1)C(=O)OC(C)(C)C)N(CCCCCCC)C(=O)C(CC(N)=O)NC(=O)OC(C)(C)C. The first kappa shape index (κ1) is 41.3. The van der Waals surface area contributed by atoms with Crippen LogP contribution in [-0.4, -0.2) is 64.5 Å². The second-order valence-corrected chi connectivity index (χ2v) is 14.2. The molecule has 2 rings (SSSR count). The fourth-order valence-corrected chi connectivity index (χ4v) is 5.29. The molecule has 272 valence electrons. The number of benzene rings is 2. The summed E-state index contributed by atoms with van der Waals surface area (Å²) in [7, 11) is 0. The molecule has 0 bridgehead atoms. The molecule has 4 N–H and O–H groups in total. The van der Waals surface area contributed by atoms with E-state index in [0.29, 0.717) is 17.5 Å². The minimum Gasteiger partial charge on any atom is -0.458 e. The first-order valence-electron chi connectivity index (χ1n) is 17.2. The van der Waals surface area contributed by atoms with Crippen molar-refractivity contribution in [3.05, 3.63) is 71.3 Å². The van der Waals surface area contributed by atoms with Gasteiger partial charge in [0.05, 0.1) is 6.42 Å². The summed E-state index contributed by atoms with van der Waals surface area (Å²) in [6.45, 7) is 12.3. The molecular formula is C39H54N4O7. The van der Waals surface area contributed by atoms with Crippen LogP contribution in [0.4, 0.5) is 4.79 Å². The lowest BCUT2D eigenvalue weighted by Gasteiger charge is -2.35. The monoisotopic (exact) mass is 690 g/mol. The third-order valence-corrected chi connectivity index (χ3v) is 7.44. The smallest absolute Gasteiger partial charge is 0.408 e. The lowest BCUT2D eigenvalue weighted by atomic mass is 9.96. The summed E-state index contributed by atoms with van der Waals surface area (Å²) < 4.78 is 11.1. The lowest BCUT2D eigenvalue weighted by molar-refractivity contribution is -0.159. The van der Waals surface area contributed by atoms with Gasteiger partial charge in [0.25, 0.3) is 0 Å². The van der Waals surface area contributed by atoms with Gasteiger partial charge in [0.15, 0.2) is 0 Å². The number of amides is 4. The summed E-state index contributed by atoms with van der Waals surface area (Å²) in [5.74, 6) is -0.343. The molecule has 0 saturated heterocycles. The second kappa shape index (κ2) is 19.4. The zero-order valence-electron chi connectivity index (χ0n) is 30.5. The number of nitrogens with zero attached hydrogens (tertiary/aromatic N) is 1. The molecule has 50 heavy (non-hydrogen) atoms. The van der Waals surface area contributed by atoms with E-state index in [4.69, 9.17) is 21.6 Å². The Hall–Kier alpha value is -4.85. The quantitative estimate of drug-likeness (QED) is 0.115. The summed E-state index contributed by atoms with van der Waals surface area (Å²) in [4.78, 5) is 69.1. The molecule has 0 aliphatic rings. The number of hydrogen-bond acceptors (Lipinski definition) is 7. The highest BCUT2D eigenvalue weighted by molar-refractivity contribution is 5.96. The molecule has 0 radical (unpaired) electrons. The molecule has 2 aromatic carbocycles. The van der Waals surface area contributed by atoms with Crippen LogP contribution in [0.15, 0.2) is 54.6 Å². The zero-order valence-corrected chi connectivity index (χ0v) is 30.5. The molecule has 0 aliphatic carbocycles. The van der Waals surface area contributed by atoms with Crippen molar-refractivity contribution in [1.29, 1.82) is 0 Å². The van der Waals surface area contributed by atoms with Gasteiger partial charge < -0.3 is 30.7 Å². The number of ether oxygens (including phenoxy) is 2. The number of nitrogens with two attached hydrogens (primary N) is 1. The third kappa shape index (κ3) is 14.3. The van der Waals surface area contributed by atoms with Gasteiger partial charge in [-0.15, -0.1) is 6.42 Å². The van der Waals surface area contributed by atoms with Crippen LogP contribution in [0.25, 0.3) is 0 Å². The van der Waals surface area contributed by atoms with Gasteiger partial charge in [0.2, 0.25) is 17.7 Å². The van der Waals surface area contributed by atoms with Crippen molar-refractivity contribution in [2.45, 2.75) is 123 Å². The predicted molar refractivity (Wildman–Crippen MR) is 192 cm³/mol. The fraction of sp³-hybridized carbons (Fsp3) is 0.513. The van der Waals surface area contributed by atoms with Gasteiger partial charge in [-0.25, -0.2) is 9.59 Å². The van der Waals surface area contributed by atoms with Crippen LogP contribution in [0, 0.1) is 12.3 Å². The van der Waals surface area contributed by atoms with E-state index < -0.39 is 65.5 Å². The maximum Gasteiger partial charge on any atom is 0.408 e. The van der Waals surface area contributed by atoms with Crippen molar-refractivity contribution < 1.29 is 33.4 Å². The average molecular weight is 691 g/mol. The molecule has 11 nitrogen and oxygen atoms in total. The van der Waals surface area contributed by atoms with Crippen LogP contribution in [0.2, 0.25) is 0 Å². The minimum atomic E-state index is -1.46. The van der Waals surface area contributed by atoms with E-state index in [0.717, 1.165) is 31.2 Å². The number of unbranched alkanes of at least 4 members (excludes halogenated alkanes) is 4. The van der Waals surface area contributed by atoms with Crippen molar-refractivity contribution in [1.82, 2.24) is 15.5 Å². The van der Waals surface area contributed by atoms with E-state index in [1.165, 1.54) is 4.90 Å². The van der Waals surface area contributed by atoms with Crippen molar-refractivity contribution in [3.63, 3.8) is 0 Å². The van der Waals surface area contributed by atoms with Gasteiger partial charge in [-0.05, 0) is 65.2 Å². The topological polar surface area (TPSA) is 157 Å². The molecule has 0 saturated carbocycles. The Kier molecular flexibility index (Phi) is 16.0. The predicted octanol–water partition coefficient (Wildman–Crippen LogP) is 5.35. The van der Waals surface area contributed by atoms with Crippen LogP contribution in [0.3, 0.4) is 0 Å². The Morgan fingerprint density at radius 3 is 2.00 bits per heavy atom. The average Bonchev–Trinajstić information content (AvgIpc) is 3.01. The molecule has 0 fully saturated rings. The molecule has 0 aromatic heterocycles. The number of nitrogens with one attached hydrogen (secondary N) is 2. The highest BCUT2D eigenvalue weighted by atomic mass is 16.6. The minimum absolute atomic E-state index is 0.0700. The molecule has 3 unspecified atom stereocenters. The largest absolute Gasteiger partial charge is 0.458 e. The number of alkyl carbamates (subject to hydrolysis) is 1. The summed E-state index contributed by atoms with van der Waals surface area (Å²) >= 11 is 0. The van der Waals surface area contributed by atoms with E-state index in [9.17, 15) is 24.0 Å². The number of primary amides is 1. The Labute approximate surface area is 297 Å². The van der Waals surface area contributed by atoms with Crippen LogP contribution >= 0.6 is 0 Å². The fourth-order valence-electron chi connectivity index (χ4n) is 5.29. The standard InChI is InChI=1S/C39H54N4O7/c1-9-11-12-13-19-24-43(35(46)30(26-32(40)44)42-37(48)50-39(6,7)8)33(29-23-18-17-22-28(29)10-2)34(45)41-31(36(47)49-38(3,4)5)25-27-20-15-14-16-21-27/h2,14-18,20-23,30-31,33H,9,11-13,19,24-26H2,1,3-8H3,(H2,40,44)(H,41,45)(H,42,48). The van der Waals surface area contributed by atoms with E-state index in [2.05, 4.69) is 23.5 Å². The van der Waals surface area contributed by atoms with Crippen LogP contribution in [0.1, 0.15) is 110 Å². The van der Waals surface area contributed by atoms with Crippen molar-refractivity contribution in [2.75, 3.05) is 6.54 Å². The first-order valence-corrected chi connectivity index (χ1v) is 17.2. The van der Waals surface area contributed by atoms with Crippen molar-refractivity contribution in [2.24, 2.45) is 5.73 Å². The van der Waals surface area contributed by atoms with Crippen molar-refractivity contribution in [3.8, 4) is 12.3 Å². The van der Waals surface area contributed by atoms with E-state index in [1.54, 1.807) is 65.8 Å². The number of terminal acetylenes is 1. The maximum absolute atomic E-state index is 14.6. The van der Waals surface area contributed by atoms with Gasteiger partial charge in [0.1, 0.15) is 29.3 Å². The van der Waals surface area contributed by atoms with Crippen molar-refractivity contribution >= 4 is 29.8 Å². The second-order valence-electron chi connectivity index (χ2n) is 14.2. The molecule has 0 aliphatic heterocycles. The number of rotatable bonds is 17. The Morgan fingerprint density at radius 1 is 0.820 bits per heavy atom. The summed E-state index contributed by atoms with van der Waals surface area (Å²) in [5.41, 5.74) is 5.25. The van der Waals surface area contributed by atoms with Gasteiger partial charge >= 0.3 is 12.1 Å². The van der Waals surface area contributed by atoms with Crippen LogP contribution < -0.4 is 16.4 Å². The van der Waals surface area contributed by atoms with E-state index in [-0.39, 0.29) is 13.0 Å². The zero-order chi connectivity index (χ0) is 37.5. The van der Waals surface area contributed by atoms with Gasteiger partial charge in [-0.3, -0.25) is 14.4 Å². The van der Waals surface area contributed by atoms with E-state index in [1.807, 2.05) is 30.3 Å². The van der Waals surface area contributed by atoms with Crippen LogP contribution in [0.5, 0.6) is 0 Å². The third-order valence-electron chi connectivity index (χ3n) is 7.44. The number of carbonyl (C=O) groups excluding carboxylic acids is 5. The highest BCUT2D eigenvalue weighted by Crippen LogP contribution is 2.27. The molecule has 0 spiro atoms. The lowest BCUT2D eigenvalue weighted by Crippen LogP contribution is -2.56. The van der Waals surface area contributed by atoms with Crippen LogP contribution in [-0.2, 0) is 35.1 Å². The number of hydrogen-bond donors (Lipinski definition) is 3. The van der Waals surface area contributed by atoms with E-state index >= 15 is 0 Å². The van der Waals surface area contributed by atoms with Gasteiger partial charge in [0, 0.05) is 18.5 Å². The molecule has 4 amide bonds.